The van der Waals surface area contributed by atoms with E-state index in [1.165, 1.54) is 5.56 Å². The molecule has 86 valence electrons. The number of hydrogen-bond donors (Lipinski definition) is 1. The van der Waals surface area contributed by atoms with Crippen LogP contribution in [-0.2, 0) is 6.42 Å². The average molecular weight is 208 g/mol. The Labute approximate surface area is 94.2 Å². The van der Waals surface area contributed by atoms with Gasteiger partial charge in [0.15, 0.2) is 0 Å². The summed E-state index contributed by atoms with van der Waals surface area (Å²) < 4.78 is 0. The van der Waals surface area contributed by atoms with Gasteiger partial charge in [0.1, 0.15) is 0 Å². The number of aliphatic hydroxyl groups excluding tert-OH is 1. The fourth-order valence-electron chi connectivity index (χ4n) is 1.40. The van der Waals surface area contributed by atoms with Crippen molar-refractivity contribution >= 4 is 0 Å². The van der Waals surface area contributed by atoms with Gasteiger partial charge >= 0.3 is 0 Å². The summed E-state index contributed by atoms with van der Waals surface area (Å²) >= 11 is 0. The molecule has 0 spiro atoms. The van der Waals surface area contributed by atoms with E-state index in [9.17, 15) is 5.11 Å². The largest absolute Gasteiger partial charge is 0.389 e. The third-order valence-electron chi connectivity index (χ3n) is 2.11. The molecule has 1 aromatic carbocycles. The van der Waals surface area contributed by atoms with E-state index in [2.05, 4.69) is 26.0 Å². The summed E-state index contributed by atoms with van der Waals surface area (Å²) in [6, 6.07) is 8.20. The Balaban J connectivity index is 0.000000921. The average Bonchev–Trinajstić information content (AvgIpc) is 2.20. The molecule has 15 heavy (non-hydrogen) atoms. The van der Waals surface area contributed by atoms with Crippen molar-refractivity contribution in [2.45, 2.75) is 47.1 Å². The number of hydrogen-bond acceptors (Lipinski definition) is 1. The Morgan fingerprint density at radius 2 is 1.47 bits per heavy atom. The van der Waals surface area contributed by atoms with Crippen molar-refractivity contribution in [3.63, 3.8) is 0 Å². The van der Waals surface area contributed by atoms with E-state index in [1.54, 1.807) is 6.92 Å². The smallest absolute Gasteiger partial charge is 0.0761 e. The van der Waals surface area contributed by atoms with E-state index in [4.69, 9.17) is 0 Å². The predicted molar refractivity (Wildman–Crippen MR) is 67.0 cm³/mol. The third-order valence-corrected chi connectivity index (χ3v) is 2.11. The van der Waals surface area contributed by atoms with Crippen LogP contribution in [0.2, 0.25) is 0 Å². The molecule has 1 nitrogen and oxygen atoms in total. The Hall–Kier alpha value is -0.820. The molecule has 1 N–H and O–H groups in total. The molecule has 0 fully saturated rings. The first-order chi connectivity index (χ1) is 7.09. The molecule has 0 saturated carbocycles. The van der Waals surface area contributed by atoms with Crippen LogP contribution < -0.4 is 0 Å². The summed E-state index contributed by atoms with van der Waals surface area (Å²) in [7, 11) is 0. The molecular formula is C14H24O. The van der Waals surface area contributed by atoms with Crippen LogP contribution in [0.25, 0.3) is 0 Å². The van der Waals surface area contributed by atoms with E-state index >= 15 is 0 Å². The Kier molecular flexibility index (Phi) is 7.06. The van der Waals surface area contributed by atoms with E-state index in [0.29, 0.717) is 5.92 Å². The fourth-order valence-corrected chi connectivity index (χ4v) is 1.40. The molecule has 1 atom stereocenters. The van der Waals surface area contributed by atoms with Gasteiger partial charge in [-0.1, -0.05) is 52.0 Å². The van der Waals surface area contributed by atoms with Gasteiger partial charge in [-0.3, -0.25) is 0 Å². The highest BCUT2D eigenvalue weighted by molar-refractivity contribution is 5.24. The van der Waals surface area contributed by atoms with Crippen LogP contribution in [0.5, 0.6) is 0 Å². The van der Waals surface area contributed by atoms with Crippen molar-refractivity contribution in [1.29, 1.82) is 0 Å². The van der Waals surface area contributed by atoms with Crippen LogP contribution in [0.15, 0.2) is 24.3 Å². The first kappa shape index (κ1) is 14.2. The van der Waals surface area contributed by atoms with Crippen molar-refractivity contribution in [2.24, 2.45) is 5.92 Å². The number of aliphatic hydroxyl groups is 1. The van der Waals surface area contributed by atoms with Crippen LogP contribution in [0.3, 0.4) is 0 Å². The molecule has 1 rings (SSSR count). The minimum absolute atomic E-state index is 0.354. The summed E-state index contributed by atoms with van der Waals surface area (Å²) in [5, 5.41) is 9.30. The van der Waals surface area contributed by atoms with E-state index in [1.807, 2.05) is 26.0 Å². The van der Waals surface area contributed by atoms with Crippen molar-refractivity contribution in [2.75, 3.05) is 0 Å². The number of benzene rings is 1. The standard InChI is InChI=1S/C12H18O.C2H6/c1-9(2)8-11-4-6-12(7-5-11)10(3)13;1-2/h4-7,9-10,13H,8H2,1-3H3;1-2H3. The van der Waals surface area contributed by atoms with E-state index < -0.39 is 0 Å². The van der Waals surface area contributed by atoms with Gasteiger partial charge in [-0.05, 0) is 30.4 Å². The van der Waals surface area contributed by atoms with Crippen LogP contribution >= 0.6 is 0 Å². The molecule has 0 aliphatic rings. The first-order valence-corrected chi connectivity index (χ1v) is 5.86. The van der Waals surface area contributed by atoms with Crippen molar-refractivity contribution in [3.05, 3.63) is 35.4 Å². The van der Waals surface area contributed by atoms with Gasteiger partial charge in [0, 0.05) is 0 Å². The maximum absolute atomic E-state index is 9.30. The zero-order valence-corrected chi connectivity index (χ0v) is 10.6. The summed E-state index contributed by atoms with van der Waals surface area (Å²) in [5.74, 6) is 0.692. The van der Waals surface area contributed by atoms with Crippen LogP contribution in [0, 0.1) is 5.92 Å². The predicted octanol–water partition coefficient (Wildman–Crippen LogP) is 3.96. The van der Waals surface area contributed by atoms with Crippen molar-refractivity contribution in [3.8, 4) is 0 Å². The molecule has 1 heteroatoms. The van der Waals surface area contributed by atoms with Gasteiger partial charge in [0.2, 0.25) is 0 Å². The lowest BCUT2D eigenvalue weighted by Crippen LogP contribution is -1.95. The molecule has 0 amide bonds. The SMILES string of the molecule is CC.CC(C)Cc1ccc(C(C)O)cc1. The molecular weight excluding hydrogens is 184 g/mol. The van der Waals surface area contributed by atoms with Crippen molar-refractivity contribution in [1.82, 2.24) is 0 Å². The summed E-state index contributed by atoms with van der Waals surface area (Å²) in [6.45, 7) is 10.2. The molecule has 1 unspecified atom stereocenters. The number of rotatable bonds is 3. The van der Waals surface area contributed by atoms with Gasteiger partial charge in [0.05, 0.1) is 6.10 Å². The molecule has 0 heterocycles. The van der Waals surface area contributed by atoms with Crippen molar-refractivity contribution < 1.29 is 5.11 Å². The second-order valence-electron chi connectivity index (χ2n) is 4.02. The maximum Gasteiger partial charge on any atom is 0.0761 e. The molecule has 0 bridgehead atoms. The highest BCUT2D eigenvalue weighted by Crippen LogP contribution is 2.14. The van der Waals surface area contributed by atoms with Gasteiger partial charge in [-0.15, -0.1) is 0 Å². The van der Waals surface area contributed by atoms with Gasteiger partial charge in [-0.2, -0.15) is 0 Å². The highest BCUT2D eigenvalue weighted by atomic mass is 16.3. The molecule has 0 aliphatic heterocycles. The lowest BCUT2D eigenvalue weighted by Gasteiger charge is -2.07. The maximum atomic E-state index is 9.30. The highest BCUT2D eigenvalue weighted by Gasteiger charge is 2.01. The Bertz CT molecular complexity index is 247. The van der Waals surface area contributed by atoms with Gasteiger partial charge in [0.25, 0.3) is 0 Å². The van der Waals surface area contributed by atoms with Crippen LogP contribution in [0.1, 0.15) is 51.8 Å². The monoisotopic (exact) mass is 208 g/mol. The van der Waals surface area contributed by atoms with Crippen LogP contribution in [-0.4, -0.2) is 5.11 Å². The zero-order valence-electron chi connectivity index (χ0n) is 10.6. The molecule has 0 radical (unpaired) electrons. The minimum Gasteiger partial charge on any atom is -0.389 e. The molecule has 0 aromatic heterocycles. The van der Waals surface area contributed by atoms with E-state index in [0.717, 1.165) is 12.0 Å². The molecule has 0 saturated heterocycles. The second-order valence-corrected chi connectivity index (χ2v) is 4.02. The second kappa shape index (κ2) is 7.47. The van der Waals surface area contributed by atoms with Gasteiger partial charge in [-0.25, -0.2) is 0 Å². The zero-order chi connectivity index (χ0) is 11.8. The Morgan fingerprint density at radius 1 is 1.00 bits per heavy atom. The topological polar surface area (TPSA) is 20.2 Å². The fraction of sp³-hybridized carbons (Fsp3) is 0.571. The van der Waals surface area contributed by atoms with Gasteiger partial charge < -0.3 is 5.11 Å². The summed E-state index contributed by atoms with van der Waals surface area (Å²) in [4.78, 5) is 0. The third kappa shape index (κ3) is 5.58. The minimum atomic E-state index is -0.354. The van der Waals surface area contributed by atoms with Crippen LogP contribution in [0.4, 0.5) is 0 Å². The normalized spacial score (nSPS) is 11.9. The lowest BCUT2D eigenvalue weighted by molar-refractivity contribution is 0.199. The summed E-state index contributed by atoms with van der Waals surface area (Å²) in [6.07, 6.45) is 0.758. The Morgan fingerprint density at radius 3 is 1.80 bits per heavy atom. The first-order valence-electron chi connectivity index (χ1n) is 5.86. The summed E-state index contributed by atoms with van der Waals surface area (Å²) in [5.41, 5.74) is 2.34. The lowest BCUT2D eigenvalue weighted by atomic mass is 10.0. The van der Waals surface area contributed by atoms with E-state index in [-0.39, 0.29) is 6.10 Å². The molecule has 0 aliphatic carbocycles. The quantitative estimate of drug-likeness (QED) is 0.797. The molecule has 1 aromatic rings.